The molecule has 6 rings (SSSR count). The molecule has 0 saturated carbocycles. The molecule has 2 fully saturated rings. The van der Waals surface area contributed by atoms with Gasteiger partial charge in [0.15, 0.2) is 5.65 Å². The van der Waals surface area contributed by atoms with E-state index in [-0.39, 0.29) is 11.7 Å². The highest BCUT2D eigenvalue weighted by atomic mass is 19.1. The van der Waals surface area contributed by atoms with Gasteiger partial charge in [-0.1, -0.05) is 0 Å². The van der Waals surface area contributed by atoms with Gasteiger partial charge >= 0.3 is 5.69 Å². The predicted octanol–water partition coefficient (Wildman–Crippen LogP) is 3.70. The number of fused-ring (bicyclic) bond motifs is 3. The summed E-state index contributed by atoms with van der Waals surface area (Å²) in [6.07, 6.45) is 6.62. The minimum absolute atomic E-state index is 0.00517. The van der Waals surface area contributed by atoms with Crippen LogP contribution in [0, 0.1) is 5.82 Å². The fourth-order valence-corrected chi connectivity index (χ4v) is 5.51. The summed E-state index contributed by atoms with van der Waals surface area (Å²) in [7, 11) is 1.69. The molecular weight excluding hydrogens is 475 g/mol. The van der Waals surface area contributed by atoms with Gasteiger partial charge in [-0.3, -0.25) is 9.13 Å². The minimum atomic E-state index is -0.418. The van der Waals surface area contributed by atoms with Gasteiger partial charge in [0, 0.05) is 67.7 Å². The lowest BCUT2D eigenvalue weighted by Gasteiger charge is -2.23. The van der Waals surface area contributed by atoms with E-state index in [0.717, 1.165) is 25.8 Å². The van der Waals surface area contributed by atoms with Crippen molar-refractivity contribution in [1.29, 1.82) is 0 Å². The number of hydrogen-bond donors (Lipinski definition) is 0. The molecule has 0 spiro atoms. The molecule has 2 aliphatic heterocycles. The maximum atomic E-state index is 15.2. The van der Waals surface area contributed by atoms with Crippen LogP contribution in [0.5, 0.6) is 5.88 Å². The Morgan fingerprint density at radius 2 is 1.95 bits per heavy atom. The van der Waals surface area contributed by atoms with E-state index in [0.29, 0.717) is 58.9 Å². The maximum Gasteiger partial charge on any atom is 0.330 e. The largest absolute Gasteiger partial charge is 0.478 e. The lowest BCUT2D eigenvalue weighted by Crippen LogP contribution is -2.29. The quantitative estimate of drug-likeness (QED) is 0.353. The molecular formula is C27H31FN6O3. The van der Waals surface area contributed by atoms with Crippen LogP contribution in [0.2, 0.25) is 0 Å². The van der Waals surface area contributed by atoms with Crippen LogP contribution < -0.4 is 10.4 Å². The van der Waals surface area contributed by atoms with Crippen LogP contribution in [0.15, 0.2) is 35.3 Å². The first kappa shape index (κ1) is 24.0. The molecule has 5 heterocycles. The van der Waals surface area contributed by atoms with Crippen molar-refractivity contribution in [2.75, 3.05) is 39.5 Å². The third kappa shape index (κ3) is 4.59. The Bertz CT molecular complexity index is 1470. The number of ether oxygens (including phenoxy) is 2. The highest BCUT2D eigenvalue weighted by Gasteiger charge is 2.25. The number of halogens is 1. The Balaban J connectivity index is 1.31. The number of likely N-dealkylation sites (tertiary alicyclic amines) is 1. The van der Waals surface area contributed by atoms with Crippen LogP contribution in [0.1, 0.15) is 38.1 Å². The number of imidazole rings is 1. The van der Waals surface area contributed by atoms with Gasteiger partial charge in [-0.15, -0.1) is 10.2 Å². The van der Waals surface area contributed by atoms with E-state index in [1.54, 1.807) is 29.9 Å². The molecule has 3 aromatic heterocycles. The van der Waals surface area contributed by atoms with E-state index in [4.69, 9.17) is 9.47 Å². The Hall–Kier alpha value is -3.37. The fraction of sp³-hybridized carbons (Fsp3) is 0.481. The zero-order chi connectivity index (χ0) is 25.4. The minimum Gasteiger partial charge on any atom is -0.478 e. The van der Waals surface area contributed by atoms with E-state index in [1.807, 2.05) is 6.07 Å². The van der Waals surface area contributed by atoms with Crippen molar-refractivity contribution in [1.82, 2.24) is 29.2 Å². The normalized spacial score (nSPS) is 17.2. The van der Waals surface area contributed by atoms with Crippen molar-refractivity contribution in [3.05, 3.63) is 46.8 Å². The molecule has 0 atom stereocenters. The van der Waals surface area contributed by atoms with Crippen LogP contribution in [0.3, 0.4) is 0 Å². The van der Waals surface area contributed by atoms with E-state index < -0.39 is 5.82 Å². The van der Waals surface area contributed by atoms with Crippen LogP contribution in [0.4, 0.5) is 4.39 Å². The van der Waals surface area contributed by atoms with Gasteiger partial charge in [0.05, 0.1) is 12.1 Å². The van der Waals surface area contributed by atoms with Crippen molar-refractivity contribution in [2.24, 2.45) is 7.05 Å². The van der Waals surface area contributed by atoms with Crippen molar-refractivity contribution in [3.8, 4) is 17.0 Å². The van der Waals surface area contributed by atoms with E-state index in [1.165, 1.54) is 36.6 Å². The first-order valence-electron chi connectivity index (χ1n) is 13.1. The molecule has 0 bridgehead atoms. The summed E-state index contributed by atoms with van der Waals surface area (Å²) in [5, 5.41) is 9.17. The van der Waals surface area contributed by atoms with Crippen LogP contribution in [0.25, 0.3) is 33.2 Å². The Kier molecular flexibility index (Phi) is 6.60. The van der Waals surface area contributed by atoms with Crippen molar-refractivity contribution in [3.63, 3.8) is 0 Å². The number of hydrogen-bond acceptors (Lipinski definition) is 7. The number of pyridine rings is 1. The molecule has 0 unspecified atom stereocenters. The average molecular weight is 507 g/mol. The molecule has 0 amide bonds. The molecule has 10 heteroatoms. The number of aromatic nitrogens is 5. The van der Waals surface area contributed by atoms with Crippen LogP contribution >= 0.6 is 0 Å². The summed E-state index contributed by atoms with van der Waals surface area (Å²) in [5.41, 5.74) is 2.44. The molecule has 0 radical (unpaired) electrons. The van der Waals surface area contributed by atoms with Gasteiger partial charge in [-0.05, 0) is 57.3 Å². The molecule has 194 valence electrons. The predicted molar refractivity (Wildman–Crippen MR) is 138 cm³/mol. The SMILES string of the molecule is Cn1c(=O)n(C2CCOCC2)c2c3cc(-c4ccc(OCCCN5CCCC5)nc4)c(F)cc3nnc21. The van der Waals surface area contributed by atoms with Crippen molar-refractivity contribution in [2.45, 2.75) is 38.1 Å². The van der Waals surface area contributed by atoms with Crippen LogP contribution in [-0.2, 0) is 11.8 Å². The Labute approximate surface area is 213 Å². The van der Waals surface area contributed by atoms with Gasteiger partial charge < -0.3 is 14.4 Å². The summed E-state index contributed by atoms with van der Waals surface area (Å²) < 4.78 is 29.8. The highest BCUT2D eigenvalue weighted by molar-refractivity contribution is 6.02. The Morgan fingerprint density at radius 1 is 1.14 bits per heavy atom. The third-order valence-electron chi connectivity index (χ3n) is 7.53. The standard InChI is InChI=1S/C27H31FN6O3/c1-32-26-25(34(27(32)35)19-7-13-36-14-8-19)21-15-20(22(28)16-23(21)30-31-26)18-5-6-24(29-17-18)37-12-4-11-33-9-2-3-10-33/h5-6,15-17,19H,2-4,7-14H2,1H3. The number of benzene rings is 1. The van der Waals surface area contributed by atoms with Gasteiger partial charge in [0.2, 0.25) is 5.88 Å². The first-order valence-corrected chi connectivity index (χ1v) is 13.1. The lowest BCUT2D eigenvalue weighted by molar-refractivity contribution is 0.0697. The zero-order valence-electron chi connectivity index (χ0n) is 21.0. The summed E-state index contributed by atoms with van der Waals surface area (Å²) in [6, 6.07) is 6.72. The summed E-state index contributed by atoms with van der Waals surface area (Å²) >= 11 is 0. The number of nitrogens with zero attached hydrogens (tertiary/aromatic N) is 6. The molecule has 9 nitrogen and oxygen atoms in total. The number of rotatable bonds is 7. The third-order valence-corrected chi connectivity index (χ3v) is 7.53. The van der Waals surface area contributed by atoms with Gasteiger partial charge in [0.25, 0.3) is 0 Å². The summed E-state index contributed by atoms with van der Waals surface area (Å²) in [6.45, 7) is 5.19. The average Bonchev–Trinajstić information content (AvgIpc) is 3.53. The second-order valence-electron chi connectivity index (χ2n) is 9.91. The smallest absolute Gasteiger partial charge is 0.330 e. The molecule has 4 aromatic rings. The zero-order valence-corrected chi connectivity index (χ0v) is 21.0. The van der Waals surface area contributed by atoms with E-state index >= 15 is 4.39 Å². The van der Waals surface area contributed by atoms with Crippen molar-refractivity contribution >= 4 is 22.1 Å². The molecule has 37 heavy (non-hydrogen) atoms. The highest BCUT2D eigenvalue weighted by Crippen LogP contribution is 2.32. The topological polar surface area (TPSA) is 87.3 Å². The van der Waals surface area contributed by atoms with Crippen molar-refractivity contribution < 1.29 is 13.9 Å². The molecule has 0 aliphatic carbocycles. The van der Waals surface area contributed by atoms with E-state index in [2.05, 4.69) is 20.1 Å². The summed E-state index contributed by atoms with van der Waals surface area (Å²) in [5.74, 6) is 0.106. The molecule has 1 aromatic carbocycles. The summed E-state index contributed by atoms with van der Waals surface area (Å²) in [4.78, 5) is 20.1. The van der Waals surface area contributed by atoms with E-state index in [9.17, 15) is 4.79 Å². The first-order chi connectivity index (χ1) is 18.1. The maximum absolute atomic E-state index is 15.2. The number of aryl methyl sites for hydroxylation is 1. The second kappa shape index (κ2) is 10.2. The monoisotopic (exact) mass is 506 g/mol. The van der Waals surface area contributed by atoms with Gasteiger partial charge in [0.1, 0.15) is 11.3 Å². The second-order valence-corrected chi connectivity index (χ2v) is 9.91. The Morgan fingerprint density at radius 3 is 2.70 bits per heavy atom. The molecule has 2 aliphatic rings. The lowest BCUT2D eigenvalue weighted by atomic mass is 10.0. The van der Waals surface area contributed by atoms with Gasteiger partial charge in [-0.25, -0.2) is 14.2 Å². The fourth-order valence-electron chi connectivity index (χ4n) is 5.51. The van der Waals surface area contributed by atoms with Crippen LogP contribution in [-0.4, -0.2) is 68.7 Å². The molecule has 0 N–H and O–H groups in total. The molecule has 2 saturated heterocycles. The van der Waals surface area contributed by atoms with Gasteiger partial charge in [-0.2, -0.15) is 0 Å².